The van der Waals surface area contributed by atoms with Gasteiger partial charge in [-0.15, -0.1) is 5.10 Å². The Morgan fingerprint density at radius 3 is 2.94 bits per heavy atom. The third-order valence-electron chi connectivity index (χ3n) is 3.18. The molecule has 0 amide bonds. The number of fused-ring (bicyclic) bond motifs is 1. The van der Waals surface area contributed by atoms with Gasteiger partial charge >= 0.3 is 0 Å². The lowest BCUT2D eigenvalue weighted by Crippen LogP contribution is -2.43. The zero-order valence-electron chi connectivity index (χ0n) is 10.1. The summed E-state index contributed by atoms with van der Waals surface area (Å²) >= 11 is 0. The van der Waals surface area contributed by atoms with Gasteiger partial charge in [-0.3, -0.25) is 4.90 Å². The molecule has 1 aliphatic heterocycles. The normalized spacial score (nSPS) is 17.7. The van der Waals surface area contributed by atoms with Gasteiger partial charge in [0.1, 0.15) is 0 Å². The van der Waals surface area contributed by atoms with E-state index >= 15 is 0 Å². The molecule has 0 atom stereocenters. The van der Waals surface area contributed by atoms with E-state index in [2.05, 4.69) is 33.3 Å². The van der Waals surface area contributed by atoms with E-state index < -0.39 is 0 Å². The molecule has 2 aromatic rings. The number of piperazine rings is 1. The predicted octanol–water partition coefficient (Wildman–Crippen LogP) is 0.443. The minimum atomic E-state index is 0.850. The zero-order chi connectivity index (χ0) is 11.7. The van der Waals surface area contributed by atoms with Crippen molar-refractivity contribution >= 4 is 5.65 Å². The van der Waals surface area contributed by atoms with Gasteiger partial charge in [0.2, 0.25) is 0 Å². The van der Waals surface area contributed by atoms with Crippen LogP contribution < -0.4 is 5.32 Å². The highest BCUT2D eigenvalue weighted by Crippen LogP contribution is 2.08. The molecule has 90 valence electrons. The highest BCUT2D eigenvalue weighted by atomic mass is 15.3. The van der Waals surface area contributed by atoms with E-state index in [-0.39, 0.29) is 0 Å². The molecular weight excluding hydrogens is 214 g/mol. The maximum absolute atomic E-state index is 4.60. The van der Waals surface area contributed by atoms with Gasteiger partial charge in [-0.1, -0.05) is 6.07 Å². The number of hydrogen-bond acceptors (Lipinski definition) is 4. The van der Waals surface area contributed by atoms with Crippen molar-refractivity contribution in [1.82, 2.24) is 24.8 Å². The topological polar surface area (TPSA) is 45.5 Å². The first-order valence-electron chi connectivity index (χ1n) is 6.07. The Hall–Kier alpha value is -1.46. The van der Waals surface area contributed by atoms with E-state index in [9.17, 15) is 0 Å². The van der Waals surface area contributed by atoms with Gasteiger partial charge < -0.3 is 5.32 Å². The molecule has 0 aliphatic carbocycles. The van der Waals surface area contributed by atoms with Crippen LogP contribution in [0.4, 0.5) is 0 Å². The maximum atomic E-state index is 4.60. The summed E-state index contributed by atoms with van der Waals surface area (Å²) in [6, 6.07) is 4.07. The highest BCUT2D eigenvalue weighted by molar-refractivity contribution is 5.45. The number of pyridine rings is 1. The van der Waals surface area contributed by atoms with Crippen molar-refractivity contribution in [3.63, 3.8) is 0 Å². The van der Waals surface area contributed by atoms with E-state index in [1.165, 1.54) is 5.56 Å². The van der Waals surface area contributed by atoms with Gasteiger partial charge in [0.15, 0.2) is 11.5 Å². The Labute approximate surface area is 100 Å². The molecule has 5 heteroatoms. The van der Waals surface area contributed by atoms with Crippen LogP contribution in [-0.4, -0.2) is 45.7 Å². The third-order valence-corrected chi connectivity index (χ3v) is 3.18. The molecule has 5 nitrogen and oxygen atoms in total. The van der Waals surface area contributed by atoms with Crippen LogP contribution in [0.1, 0.15) is 11.4 Å². The van der Waals surface area contributed by atoms with Gasteiger partial charge in [-0.25, -0.2) is 9.50 Å². The summed E-state index contributed by atoms with van der Waals surface area (Å²) in [6.45, 7) is 7.20. The van der Waals surface area contributed by atoms with E-state index in [0.29, 0.717) is 0 Å². The van der Waals surface area contributed by atoms with Crippen LogP contribution in [0, 0.1) is 6.92 Å². The molecule has 0 spiro atoms. The fourth-order valence-electron chi connectivity index (χ4n) is 2.22. The monoisotopic (exact) mass is 231 g/mol. The van der Waals surface area contributed by atoms with Crippen LogP contribution in [-0.2, 0) is 6.54 Å². The standard InChI is InChI=1S/C12H17N5/c1-10-3-2-6-17-12(10)14-11(15-17)9-16-7-4-13-5-8-16/h2-3,6,13H,4-5,7-9H2,1H3. The molecule has 0 radical (unpaired) electrons. The average molecular weight is 231 g/mol. The van der Waals surface area contributed by atoms with Crippen molar-refractivity contribution in [2.24, 2.45) is 0 Å². The van der Waals surface area contributed by atoms with Crippen LogP contribution in [0.5, 0.6) is 0 Å². The SMILES string of the molecule is Cc1cccn2nc(CN3CCNCC3)nc12. The summed E-state index contributed by atoms with van der Waals surface area (Å²) in [5.74, 6) is 0.918. The number of nitrogens with one attached hydrogen (secondary N) is 1. The molecule has 0 aromatic carbocycles. The fourth-order valence-corrected chi connectivity index (χ4v) is 2.22. The van der Waals surface area contributed by atoms with Gasteiger partial charge in [0, 0.05) is 32.4 Å². The fraction of sp³-hybridized carbons (Fsp3) is 0.500. The van der Waals surface area contributed by atoms with Crippen LogP contribution in [0.25, 0.3) is 5.65 Å². The van der Waals surface area contributed by atoms with Crippen molar-refractivity contribution in [3.05, 3.63) is 29.7 Å². The number of rotatable bonds is 2. The second kappa shape index (κ2) is 4.43. The highest BCUT2D eigenvalue weighted by Gasteiger charge is 2.13. The molecule has 3 rings (SSSR count). The molecule has 1 aliphatic rings. The van der Waals surface area contributed by atoms with Gasteiger partial charge in [0.05, 0.1) is 6.54 Å². The smallest absolute Gasteiger partial charge is 0.165 e. The van der Waals surface area contributed by atoms with E-state index in [1.54, 1.807) is 0 Å². The molecule has 1 N–H and O–H groups in total. The summed E-state index contributed by atoms with van der Waals surface area (Å²) in [6.07, 6.45) is 1.95. The lowest BCUT2D eigenvalue weighted by atomic mass is 10.3. The number of aryl methyl sites for hydroxylation is 1. The van der Waals surface area contributed by atoms with E-state index in [0.717, 1.165) is 44.2 Å². The second-order valence-corrected chi connectivity index (χ2v) is 4.51. The molecular formula is C12H17N5. The summed E-state index contributed by atoms with van der Waals surface area (Å²) in [5, 5.41) is 7.86. The summed E-state index contributed by atoms with van der Waals surface area (Å²) in [7, 11) is 0. The van der Waals surface area contributed by atoms with Crippen LogP contribution in [0.3, 0.4) is 0 Å². The van der Waals surface area contributed by atoms with Crippen molar-refractivity contribution in [2.45, 2.75) is 13.5 Å². The molecule has 3 heterocycles. The Morgan fingerprint density at radius 2 is 2.18 bits per heavy atom. The maximum Gasteiger partial charge on any atom is 0.165 e. The first kappa shape index (κ1) is 10.7. The first-order chi connectivity index (χ1) is 8.33. The Morgan fingerprint density at radius 1 is 1.35 bits per heavy atom. The molecule has 17 heavy (non-hydrogen) atoms. The van der Waals surface area contributed by atoms with Crippen molar-refractivity contribution in [3.8, 4) is 0 Å². The minimum Gasteiger partial charge on any atom is -0.314 e. The zero-order valence-corrected chi connectivity index (χ0v) is 10.1. The minimum absolute atomic E-state index is 0.850. The van der Waals surface area contributed by atoms with E-state index in [1.807, 2.05) is 16.8 Å². The van der Waals surface area contributed by atoms with Gasteiger partial charge in [-0.05, 0) is 18.6 Å². The van der Waals surface area contributed by atoms with Gasteiger partial charge in [-0.2, -0.15) is 0 Å². The molecule has 1 fully saturated rings. The molecule has 2 aromatic heterocycles. The summed E-state index contributed by atoms with van der Waals surface area (Å²) < 4.78 is 1.87. The van der Waals surface area contributed by atoms with E-state index in [4.69, 9.17) is 0 Å². The van der Waals surface area contributed by atoms with Crippen LogP contribution in [0.2, 0.25) is 0 Å². The lowest BCUT2D eigenvalue weighted by molar-refractivity contribution is 0.228. The Bertz CT molecular complexity index is 513. The average Bonchev–Trinajstić information content (AvgIpc) is 2.74. The Kier molecular flexibility index (Phi) is 2.78. The molecule has 0 bridgehead atoms. The van der Waals surface area contributed by atoms with Crippen LogP contribution >= 0.6 is 0 Å². The predicted molar refractivity (Wildman–Crippen MR) is 65.9 cm³/mol. The third kappa shape index (κ3) is 2.16. The molecule has 0 saturated carbocycles. The first-order valence-corrected chi connectivity index (χ1v) is 6.07. The number of nitrogens with zero attached hydrogens (tertiary/aromatic N) is 4. The summed E-state index contributed by atoms with van der Waals surface area (Å²) in [5.41, 5.74) is 2.14. The lowest BCUT2D eigenvalue weighted by Gasteiger charge is -2.25. The largest absolute Gasteiger partial charge is 0.314 e. The van der Waals surface area contributed by atoms with Crippen molar-refractivity contribution < 1.29 is 0 Å². The quantitative estimate of drug-likeness (QED) is 0.815. The second-order valence-electron chi connectivity index (χ2n) is 4.51. The number of hydrogen-bond donors (Lipinski definition) is 1. The molecule has 0 unspecified atom stereocenters. The van der Waals surface area contributed by atoms with Crippen LogP contribution in [0.15, 0.2) is 18.3 Å². The summed E-state index contributed by atoms with van der Waals surface area (Å²) in [4.78, 5) is 6.99. The molecule has 1 saturated heterocycles. The number of aromatic nitrogens is 3. The van der Waals surface area contributed by atoms with Crippen molar-refractivity contribution in [1.29, 1.82) is 0 Å². The van der Waals surface area contributed by atoms with Gasteiger partial charge in [0.25, 0.3) is 0 Å². The van der Waals surface area contributed by atoms with Crippen molar-refractivity contribution in [2.75, 3.05) is 26.2 Å². The Balaban J connectivity index is 1.83.